The van der Waals surface area contributed by atoms with E-state index in [-0.39, 0.29) is 11.2 Å². The van der Waals surface area contributed by atoms with E-state index in [1.165, 1.54) is 17.1 Å². The molecular weight excluding hydrogens is 340 g/mol. The van der Waals surface area contributed by atoms with Crippen LogP contribution in [0.3, 0.4) is 0 Å². The minimum Gasteiger partial charge on any atom is -0.381 e. The summed E-state index contributed by atoms with van der Waals surface area (Å²) in [5.41, 5.74) is 0.238. The van der Waals surface area contributed by atoms with Gasteiger partial charge in [0.15, 0.2) is 5.96 Å². The Kier molecular flexibility index (Phi) is 7.51. The van der Waals surface area contributed by atoms with Crippen molar-refractivity contribution < 1.29 is 13.2 Å². The first-order valence-corrected chi connectivity index (χ1v) is 11.1. The number of hydrogen-bond donors (Lipinski definition) is 1. The molecule has 0 bridgehead atoms. The average molecular weight is 375 g/mol. The third-order valence-electron chi connectivity index (χ3n) is 5.32. The van der Waals surface area contributed by atoms with Gasteiger partial charge in [-0.05, 0) is 25.7 Å². The minimum atomic E-state index is -3.21. The molecule has 146 valence electrons. The summed E-state index contributed by atoms with van der Waals surface area (Å²) < 4.78 is 31.8. The van der Waals surface area contributed by atoms with Crippen LogP contribution in [0.25, 0.3) is 0 Å². The van der Waals surface area contributed by atoms with E-state index in [0.717, 1.165) is 45.1 Å². The molecule has 7 nitrogen and oxygen atoms in total. The van der Waals surface area contributed by atoms with Crippen LogP contribution in [0.1, 0.15) is 39.5 Å². The number of ether oxygens (including phenoxy) is 1. The van der Waals surface area contributed by atoms with Crippen LogP contribution >= 0.6 is 0 Å². The molecule has 0 aromatic carbocycles. The van der Waals surface area contributed by atoms with E-state index < -0.39 is 10.0 Å². The van der Waals surface area contributed by atoms with Crippen molar-refractivity contribution in [2.24, 2.45) is 10.4 Å². The molecule has 0 amide bonds. The lowest BCUT2D eigenvalue weighted by atomic mass is 9.76. The third kappa shape index (κ3) is 5.31. The average Bonchev–Trinajstić information content (AvgIpc) is 2.60. The lowest BCUT2D eigenvalue weighted by molar-refractivity contribution is -0.0370. The summed E-state index contributed by atoms with van der Waals surface area (Å²) >= 11 is 0. The van der Waals surface area contributed by atoms with Crippen LogP contribution in [0.5, 0.6) is 0 Å². The highest BCUT2D eigenvalue weighted by Gasteiger charge is 2.38. The summed E-state index contributed by atoms with van der Waals surface area (Å²) in [4.78, 5) is 6.64. The Morgan fingerprint density at radius 2 is 2.00 bits per heavy atom. The molecule has 1 spiro atoms. The zero-order valence-corrected chi connectivity index (χ0v) is 16.8. The van der Waals surface area contributed by atoms with Crippen LogP contribution in [0.2, 0.25) is 0 Å². The number of nitrogens with zero attached hydrogens (tertiary/aromatic N) is 3. The van der Waals surface area contributed by atoms with Crippen LogP contribution in [0, 0.1) is 5.41 Å². The molecule has 1 unspecified atom stereocenters. The van der Waals surface area contributed by atoms with Crippen molar-refractivity contribution in [3.63, 3.8) is 0 Å². The van der Waals surface area contributed by atoms with Gasteiger partial charge >= 0.3 is 0 Å². The number of guanidine groups is 1. The number of rotatable bonds is 6. The monoisotopic (exact) mass is 374 g/mol. The normalized spacial score (nSPS) is 25.6. The second-order valence-corrected chi connectivity index (χ2v) is 9.14. The smallest absolute Gasteiger partial charge is 0.215 e. The molecule has 2 aliphatic heterocycles. The summed E-state index contributed by atoms with van der Waals surface area (Å²) in [6, 6.07) is 0. The highest BCUT2D eigenvalue weighted by Crippen LogP contribution is 2.37. The van der Waals surface area contributed by atoms with Crippen molar-refractivity contribution in [1.82, 2.24) is 14.5 Å². The third-order valence-corrected chi connectivity index (χ3v) is 7.34. The first-order chi connectivity index (χ1) is 12.0. The maximum Gasteiger partial charge on any atom is 0.215 e. The Hall–Kier alpha value is -0.860. The van der Waals surface area contributed by atoms with Gasteiger partial charge in [0.25, 0.3) is 0 Å². The SMILES string of the molecule is CCN(CC)S(=O)(=O)CCNC(=NC)N1CCCC2(CCCOC2)C1. The van der Waals surface area contributed by atoms with Gasteiger partial charge in [-0.25, -0.2) is 12.7 Å². The molecule has 2 rings (SSSR count). The van der Waals surface area contributed by atoms with Gasteiger partial charge in [-0.15, -0.1) is 0 Å². The number of hydrogen-bond acceptors (Lipinski definition) is 4. The summed E-state index contributed by atoms with van der Waals surface area (Å²) in [6.07, 6.45) is 4.66. The zero-order valence-electron chi connectivity index (χ0n) is 16.0. The van der Waals surface area contributed by atoms with E-state index in [1.807, 2.05) is 13.8 Å². The van der Waals surface area contributed by atoms with Crippen molar-refractivity contribution in [1.29, 1.82) is 0 Å². The van der Waals surface area contributed by atoms with E-state index >= 15 is 0 Å². The van der Waals surface area contributed by atoms with Crippen molar-refractivity contribution in [2.75, 3.05) is 58.7 Å². The molecule has 0 aliphatic carbocycles. The summed E-state index contributed by atoms with van der Waals surface area (Å²) in [7, 11) is -1.44. The lowest BCUT2D eigenvalue weighted by Crippen LogP contribution is -2.53. The lowest BCUT2D eigenvalue weighted by Gasteiger charge is -2.45. The Labute approximate surface area is 152 Å². The maximum atomic E-state index is 12.3. The van der Waals surface area contributed by atoms with Crippen LogP contribution in [0.15, 0.2) is 4.99 Å². The number of likely N-dealkylation sites (tertiary alicyclic amines) is 1. The maximum absolute atomic E-state index is 12.3. The molecular formula is C17H34N4O3S. The molecule has 2 saturated heterocycles. The first-order valence-electron chi connectivity index (χ1n) is 9.47. The Morgan fingerprint density at radius 3 is 2.60 bits per heavy atom. The van der Waals surface area contributed by atoms with Gasteiger partial charge in [0.05, 0.1) is 12.4 Å². The largest absolute Gasteiger partial charge is 0.381 e. The highest BCUT2D eigenvalue weighted by molar-refractivity contribution is 7.89. The quantitative estimate of drug-likeness (QED) is 0.557. The Bertz CT molecular complexity index is 535. The summed E-state index contributed by atoms with van der Waals surface area (Å²) in [6.45, 7) is 8.75. The number of sulfonamides is 1. The fourth-order valence-corrected chi connectivity index (χ4v) is 5.40. The fourth-order valence-electron chi connectivity index (χ4n) is 3.99. The van der Waals surface area contributed by atoms with Gasteiger partial charge in [-0.1, -0.05) is 13.8 Å². The predicted octanol–water partition coefficient (Wildman–Crippen LogP) is 1.13. The predicted molar refractivity (Wildman–Crippen MR) is 101 cm³/mol. The van der Waals surface area contributed by atoms with E-state index in [4.69, 9.17) is 4.74 Å². The van der Waals surface area contributed by atoms with Gasteiger partial charge in [-0.2, -0.15) is 0 Å². The Balaban J connectivity index is 1.90. The second-order valence-electron chi connectivity index (χ2n) is 7.06. The molecule has 8 heteroatoms. The topological polar surface area (TPSA) is 74.2 Å². The van der Waals surface area contributed by atoms with Crippen LogP contribution in [-0.4, -0.2) is 82.3 Å². The molecule has 0 radical (unpaired) electrons. The molecule has 1 N–H and O–H groups in total. The summed E-state index contributed by atoms with van der Waals surface area (Å²) in [5, 5.41) is 3.25. The second kappa shape index (κ2) is 9.19. The van der Waals surface area contributed by atoms with Crippen LogP contribution in [0.4, 0.5) is 0 Å². The molecule has 25 heavy (non-hydrogen) atoms. The van der Waals surface area contributed by atoms with Gasteiger partial charge in [0.1, 0.15) is 0 Å². The van der Waals surface area contributed by atoms with E-state index in [1.54, 1.807) is 7.05 Å². The van der Waals surface area contributed by atoms with Gasteiger partial charge < -0.3 is 15.0 Å². The van der Waals surface area contributed by atoms with Crippen molar-refractivity contribution in [2.45, 2.75) is 39.5 Å². The number of aliphatic imine (C=N–C) groups is 1. The van der Waals surface area contributed by atoms with Crippen molar-refractivity contribution in [3.8, 4) is 0 Å². The zero-order chi connectivity index (χ0) is 18.3. The first kappa shape index (κ1) is 20.5. The molecule has 0 aromatic heterocycles. The number of piperidine rings is 1. The Morgan fingerprint density at radius 1 is 1.28 bits per heavy atom. The van der Waals surface area contributed by atoms with E-state index in [0.29, 0.717) is 19.6 Å². The summed E-state index contributed by atoms with van der Waals surface area (Å²) in [5.74, 6) is 0.898. The minimum absolute atomic E-state index is 0.0930. The van der Waals surface area contributed by atoms with Crippen molar-refractivity contribution in [3.05, 3.63) is 0 Å². The molecule has 2 aliphatic rings. The van der Waals surface area contributed by atoms with Gasteiger partial charge in [0.2, 0.25) is 10.0 Å². The van der Waals surface area contributed by atoms with E-state index in [9.17, 15) is 8.42 Å². The molecule has 1 atom stereocenters. The van der Waals surface area contributed by atoms with Gasteiger partial charge in [0, 0.05) is 51.8 Å². The molecule has 0 saturated carbocycles. The van der Waals surface area contributed by atoms with E-state index in [2.05, 4.69) is 15.2 Å². The van der Waals surface area contributed by atoms with Crippen molar-refractivity contribution >= 4 is 16.0 Å². The molecule has 2 heterocycles. The van der Waals surface area contributed by atoms with Crippen LogP contribution < -0.4 is 5.32 Å². The number of nitrogens with one attached hydrogen (secondary N) is 1. The molecule has 2 fully saturated rings. The van der Waals surface area contributed by atoms with Gasteiger partial charge in [-0.3, -0.25) is 4.99 Å². The fraction of sp³-hybridized carbons (Fsp3) is 0.941. The highest BCUT2D eigenvalue weighted by atomic mass is 32.2. The van der Waals surface area contributed by atoms with Crippen LogP contribution in [-0.2, 0) is 14.8 Å². The molecule has 0 aromatic rings. The standard InChI is InChI=1S/C17H34N4O3S/c1-4-21(5-2)25(22,23)13-10-19-16(18-3)20-11-6-8-17(14-20)9-7-12-24-15-17/h4-15H2,1-3H3,(H,18,19).